The van der Waals surface area contributed by atoms with Gasteiger partial charge in [-0.2, -0.15) is 57.1 Å². The fourth-order valence-electron chi connectivity index (χ4n) is 2.44. The lowest BCUT2D eigenvalue weighted by Crippen LogP contribution is -2.90. The molecule has 0 aromatic heterocycles. The lowest BCUT2D eigenvalue weighted by Gasteiger charge is -2.59. The van der Waals surface area contributed by atoms with Gasteiger partial charge in [-0.15, -0.1) is 0 Å². The Kier molecular flexibility index (Phi) is 5.57. The third-order valence-corrected chi connectivity index (χ3v) is 4.18. The molecule has 1 N–H and O–H groups in total. The second-order valence-electron chi connectivity index (χ2n) is 6.27. The summed E-state index contributed by atoms with van der Waals surface area (Å²) in [7, 11) is 0. The van der Waals surface area contributed by atoms with Gasteiger partial charge >= 0.3 is 47.7 Å². The van der Waals surface area contributed by atoms with Crippen LogP contribution < -0.4 is 0 Å². The van der Waals surface area contributed by atoms with E-state index in [-0.39, 0.29) is 0 Å². The molecule has 1 saturated heterocycles. The first-order valence-electron chi connectivity index (χ1n) is 7.05. The van der Waals surface area contributed by atoms with Crippen LogP contribution in [0.15, 0.2) is 12.2 Å². The molecule has 0 saturated carbocycles. The highest BCUT2D eigenvalue weighted by Crippen LogP contribution is 2.69. The van der Waals surface area contributed by atoms with Gasteiger partial charge in [0.1, 0.15) is 0 Å². The first-order valence-corrected chi connectivity index (χ1v) is 7.05. The van der Waals surface area contributed by atoms with Gasteiger partial charge in [-0.25, -0.2) is 4.79 Å². The van der Waals surface area contributed by atoms with Crippen LogP contribution in [0.2, 0.25) is 0 Å². The van der Waals surface area contributed by atoms with Crippen molar-refractivity contribution in [1.29, 1.82) is 0 Å². The Morgan fingerprint density at radius 2 is 1.27 bits per heavy atom. The zero-order valence-corrected chi connectivity index (χ0v) is 14.3. The Labute approximate surface area is 157 Å². The van der Waals surface area contributed by atoms with E-state index < -0.39 is 65.8 Å². The number of aliphatic hydroxyl groups is 1. The molecule has 1 heterocycles. The highest BCUT2D eigenvalue weighted by Gasteiger charge is 3.01. The monoisotopic (exact) mass is 476 g/mol. The minimum atomic E-state index is -7.53. The molecule has 17 heteroatoms. The van der Waals surface area contributed by atoms with Gasteiger partial charge in [-0.1, -0.05) is 6.58 Å². The van der Waals surface area contributed by atoms with E-state index in [9.17, 15) is 67.0 Å². The summed E-state index contributed by atoms with van der Waals surface area (Å²) in [6.45, 7) is 1.73. The number of esters is 1. The van der Waals surface area contributed by atoms with Gasteiger partial charge in [0.2, 0.25) is 5.60 Å². The second kappa shape index (κ2) is 6.37. The average Bonchev–Trinajstić information content (AvgIpc) is 2.46. The van der Waals surface area contributed by atoms with E-state index in [0.29, 0.717) is 6.92 Å². The molecule has 0 bridgehead atoms. The minimum Gasteiger partial charge on any atom is -0.433 e. The Morgan fingerprint density at radius 1 is 0.867 bits per heavy atom. The van der Waals surface area contributed by atoms with Crippen LogP contribution >= 0.6 is 0 Å². The van der Waals surface area contributed by atoms with Crippen LogP contribution in [-0.4, -0.2) is 58.4 Å². The molecular formula is C13H9F13O4. The summed E-state index contributed by atoms with van der Waals surface area (Å²) in [4.78, 5) is 11.4. The van der Waals surface area contributed by atoms with Gasteiger partial charge in [0.25, 0.3) is 0 Å². The molecule has 3 atom stereocenters. The third-order valence-electron chi connectivity index (χ3n) is 4.18. The number of carbonyl (C=O) groups is 1. The lowest BCUT2D eigenvalue weighted by atomic mass is 9.71. The summed E-state index contributed by atoms with van der Waals surface area (Å²) in [5, 5.41) is 9.17. The largest absolute Gasteiger partial charge is 0.449 e. The lowest BCUT2D eigenvalue weighted by molar-refractivity contribution is -0.575. The van der Waals surface area contributed by atoms with E-state index in [0.717, 1.165) is 0 Å². The van der Waals surface area contributed by atoms with E-state index in [4.69, 9.17) is 0 Å². The molecule has 0 aromatic carbocycles. The number of halogens is 13. The van der Waals surface area contributed by atoms with Crippen LogP contribution in [0.25, 0.3) is 0 Å². The van der Waals surface area contributed by atoms with Crippen molar-refractivity contribution in [2.45, 2.75) is 61.2 Å². The van der Waals surface area contributed by atoms with Crippen LogP contribution in [0.3, 0.4) is 0 Å². The maximum Gasteiger partial charge on any atom is 0.449 e. The van der Waals surface area contributed by atoms with Gasteiger partial charge in [0, 0.05) is 5.57 Å². The summed E-state index contributed by atoms with van der Waals surface area (Å²) in [6, 6.07) is 0. The maximum atomic E-state index is 14.6. The van der Waals surface area contributed by atoms with Crippen LogP contribution in [0, 0.1) is 0 Å². The van der Waals surface area contributed by atoms with Crippen molar-refractivity contribution in [2.75, 3.05) is 0 Å². The number of ether oxygens (including phenoxy) is 2. The fraction of sp³-hybridized carbons (Fsp3) is 0.769. The summed E-state index contributed by atoms with van der Waals surface area (Å²) < 4.78 is 183. The zero-order valence-electron chi connectivity index (χ0n) is 14.3. The topological polar surface area (TPSA) is 55.8 Å². The Hall–Kier alpha value is -1.78. The normalized spacial score (nSPS) is 34.4. The summed E-state index contributed by atoms with van der Waals surface area (Å²) >= 11 is 0. The number of alkyl halides is 13. The molecule has 3 unspecified atom stereocenters. The second-order valence-corrected chi connectivity index (χ2v) is 6.27. The molecule has 1 aliphatic rings. The van der Waals surface area contributed by atoms with Gasteiger partial charge in [0.15, 0.2) is 0 Å². The van der Waals surface area contributed by atoms with Crippen molar-refractivity contribution in [3.8, 4) is 0 Å². The van der Waals surface area contributed by atoms with Gasteiger partial charge in [-0.3, -0.25) is 0 Å². The molecule has 1 rings (SSSR count). The molecule has 0 amide bonds. The van der Waals surface area contributed by atoms with Crippen molar-refractivity contribution >= 4 is 5.97 Å². The average molecular weight is 476 g/mol. The van der Waals surface area contributed by atoms with Crippen LogP contribution in [-0.2, 0) is 14.3 Å². The predicted molar refractivity (Wildman–Crippen MR) is 66.1 cm³/mol. The molecule has 176 valence electrons. The predicted octanol–water partition coefficient (Wildman–Crippen LogP) is 4.28. The molecular weight excluding hydrogens is 467 g/mol. The van der Waals surface area contributed by atoms with Gasteiger partial charge in [-0.05, 0) is 13.8 Å². The molecule has 30 heavy (non-hydrogen) atoms. The number of hydrogen-bond acceptors (Lipinski definition) is 4. The van der Waals surface area contributed by atoms with Gasteiger partial charge in [0.05, 0.1) is 0 Å². The van der Waals surface area contributed by atoms with Crippen LogP contribution in [0.5, 0.6) is 0 Å². The number of hydrogen-bond donors (Lipinski definition) is 1. The Balaban J connectivity index is 4.29. The fourth-order valence-corrected chi connectivity index (χ4v) is 2.44. The Morgan fingerprint density at radius 3 is 1.53 bits per heavy atom. The highest BCUT2D eigenvalue weighted by atomic mass is 19.4. The standard InChI is InChI=1S/C13H9F13O4/c1-4(2)5(27)29-7(12(21,22)23)8(14,15)6(3,11(18,19)20)30-10(28,9(7,16)17)13(24,25)26/h28H,1H2,2-3H3. The molecule has 0 spiro atoms. The first-order chi connectivity index (χ1) is 12.8. The van der Waals surface area contributed by atoms with Crippen molar-refractivity contribution < 1.29 is 76.5 Å². The van der Waals surface area contributed by atoms with E-state index in [1.54, 1.807) is 0 Å². The molecule has 1 aliphatic heterocycles. The molecule has 0 aromatic rings. The molecule has 0 radical (unpaired) electrons. The summed E-state index contributed by atoms with van der Waals surface area (Å²) in [5.74, 6) is -24.3. The van der Waals surface area contributed by atoms with E-state index in [1.807, 2.05) is 0 Å². The molecule has 4 nitrogen and oxygen atoms in total. The highest BCUT2D eigenvalue weighted by molar-refractivity contribution is 5.87. The van der Waals surface area contributed by atoms with Crippen molar-refractivity contribution in [3.05, 3.63) is 12.2 Å². The smallest absolute Gasteiger partial charge is 0.433 e. The zero-order chi connectivity index (χ0) is 24.6. The summed E-state index contributed by atoms with van der Waals surface area (Å²) in [5.41, 5.74) is -14.7. The molecule has 0 aliphatic carbocycles. The van der Waals surface area contributed by atoms with Crippen LogP contribution in [0.1, 0.15) is 13.8 Å². The first kappa shape index (κ1) is 26.3. The van der Waals surface area contributed by atoms with Crippen molar-refractivity contribution in [1.82, 2.24) is 0 Å². The van der Waals surface area contributed by atoms with Gasteiger partial charge < -0.3 is 14.6 Å². The maximum absolute atomic E-state index is 14.6. The van der Waals surface area contributed by atoms with Crippen LogP contribution in [0.4, 0.5) is 57.1 Å². The SMILES string of the molecule is C=C(C)C(=O)OC1(C(F)(F)F)C(F)(F)C(C)(C(F)(F)F)OC(O)(C(F)(F)F)C1(F)F. The van der Waals surface area contributed by atoms with Crippen molar-refractivity contribution in [3.63, 3.8) is 0 Å². The van der Waals surface area contributed by atoms with Crippen molar-refractivity contribution in [2.24, 2.45) is 0 Å². The minimum absolute atomic E-state index is 0.362. The number of rotatable bonds is 2. The van der Waals surface area contributed by atoms with E-state index >= 15 is 0 Å². The van der Waals surface area contributed by atoms with E-state index in [2.05, 4.69) is 16.1 Å². The quantitative estimate of drug-likeness (QED) is 0.368. The molecule has 1 fully saturated rings. The number of carbonyl (C=O) groups excluding carboxylic acids is 1. The van der Waals surface area contributed by atoms with E-state index in [1.165, 1.54) is 0 Å². The Bertz CT molecular complexity index is 697. The third kappa shape index (κ3) is 2.87. The summed E-state index contributed by atoms with van der Waals surface area (Å²) in [6.07, 6.45) is -21.7.